The highest BCUT2D eigenvalue weighted by atomic mass is 16.5. The summed E-state index contributed by atoms with van der Waals surface area (Å²) in [6, 6.07) is 2.27. The maximum absolute atomic E-state index is 5.69. The Hall–Kier alpha value is -3.07. The van der Waals surface area contributed by atoms with E-state index in [0.29, 0.717) is 5.95 Å². The second-order valence-corrected chi connectivity index (χ2v) is 7.38. The summed E-state index contributed by atoms with van der Waals surface area (Å²) in [5.41, 5.74) is 4.54. The Kier molecular flexibility index (Phi) is 3.97. The molecule has 1 aliphatic heterocycles. The number of nitrogens with one attached hydrogen (secondary N) is 1. The lowest BCUT2D eigenvalue weighted by Gasteiger charge is -2.27. The van der Waals surface area contributed by atoms with Gasteiger partial charge in [0.15, 0.2) is 11.3 Å². The van der Waals surface area contributed by atoms with Gasteiger partial charge < -0.3 is 10.1 Å². The van der Waals surface area contributed by atoms with E-state index in [-0.39, 0.29) is 12.1 Å². The maximum Gasteiger partial charge on any atom is 0.229 e. The topological polar surface area (TPSA) is 95.1 Å². The standard InChI is InChI=1S/C19H22N8O/c1-11-6-17-21-10-22-26(17)9-16(11)23-19-20-8-15-13(3)25-27(18(15)24-19)14-4-5-28-12(2)7-14/h6,8-10,12,14H,4-5,7H2,1-3H3,(H,20,23,24). The van der Waals surface area contributed by atoms with Crippen molar-refractivity contribution >= 4 is 28.3 Å². The molecule has 0 radical (unpaired) electrons. The molecule has 9 nitrogen and oxygen atoms in total. The van der Waals surface area contributed by atoms with Crippen molar-refractivity contribution in [2.75, 3.05) is 11.9 Å². The molecule has 0 bridgehead atoms. The molecule has 2 atom stereocenters. The molecule has 0 aromatic carbocycles. The number of rotatable bonds is 3. The minimum absolute atomic E-state index is 0.231. The van der Waals surface area contributed by atoms with Gasteiger partial charge in [0.2, 0.25) is 5.95 Å². The molecule has 4 aromatic rings. The van der Waals surface area contributed by atoms with Gasteiger partial charge in [-0.2, -0.15) is 15.2 Å². The van der Waals surface area contributed by atoms with Gasteiger partial charge in [0.25, 0.3) is 0 Å². The van der Waals surface area contributed by atoms with E-state index < -0.39 is 0 Å². The largest absolute Gasteiger partial charge is 0.378 e. The summed E-state index contributed by atoms with van der Waals surface area (Å²) in [7, 11) is 0. The van der Waals surface area contributed by atoms with Crippen molar-refractivity contribution in [2.24, 2.45) is 0 Å². The molecule has 4 aromatic heterocycles. The van der Waals surface area contributed by atoms with Gasteiger partial charge in [0.05, 0.1) is 35.1 Å². The SMILES string of the molecule is Cc1cc2ncnn2cc1Nc1ncc2c(C)nn(C3CCOC(C)C3)c2n1. The van der Waals surface area contributed by atoms with Gasteiger partial charge in [-0.1, -0.05) is 0 Å². The molecule has 0 amide bonds. The van der Waals surface area contributed by atoms with Crippen molar-refractivity contribution in [1.82, 2.24) is 34.3 Å². The van der Waals surface area contributed by atoms with Crippen molar-refractivity contribution in [2.45, 2.75) is 45.8 Å². The van der Waals surface area contributed by atoms with Crippen molar-refractivity contribution in [3.05, 3.63) is 36.0 Å². The highest BCUT2D eigenvalue weighted by Crippen LogP contribution is 2.29. The average molecular weight is 378 g/mol. The molecule has 0 spiro atoms. The molecule has 2 unspecified atom stereocenters. The maximum atomic E-state index is 5.69. The Balaban J connectivity index is 1.53. The molecule has 0 saturated carbocycles. The fourth-order valence-electron chi connectivity index (χ4n) is 3.79. The van der Waals surface area contributed by atoms with Crippen LogP contribution in [0.5, 0.6) is 0 Å². The lowest BCUT2D eigenvalue weighted by Crippen LogP contribution is -2.26. The van der Waals surface area contributed by atoms with E-state index in [1.807, 2.05) is 37.0 Å². The molecule has 1 N–H and O–H groups in total. The summed E-state index contributed by atoms with van der Waals surface area (Å²) in [4.78, 5) is 13.5. The van der Waals surface area contributed by atoms with Gasteiger partial charge in [-0.3, -0.25) is 0 Å². The van der Waals surface area contributed by atoms with Gasteiger partial charge in [0, 0.05) is 12.8 Å². The predicted molar refractivity (Wildman–Crippen MR) is 105 cm³/mol. The molecule has 5 heterocycles. The molecule has 28 heavy (non-hydrogen) atoms. The summed E-state index contributed by atoms with van der Waals surface area (Å²) in [5, 5.41) is 13.3. The number of pyridine rings is 1. The lowest BCUT2D eigenvalue weighted by atomic mass is 10.0. The molecule has 1 fully saturated rings. The number of nitrogens with zero attached hydrogens (tertiary/aromatic N) is 7. The molecule has 1 aliphatic rings. The Bertz CT molecular complexity index is 1160. The Morgan fingerprint density at radius 3 is 3.00 bits per heavy atom. The Morgan fingerprint density at radius 2 is 2.14 bits per heavy atom. The second kappa shape index (κ2) is 6.52. The summed E-state index contributed by atoms with van der Waals surface area (Å²) in [6.45, 7) is 6.88. The van der Waals surface area contributed by atoms with Crippen LogP contribution < -0.4 is 5.32 Å². The van der Waals surface area contributed by atoms with E-state index in [2.05, 4.69) is 27.3 Å². The molecular weight excluding hydrogens is 356 g/mol. The average Bonchev–Trinajstić information content (AvgIpc) is 3.26. The van der Waals surface area contributed by atoms with Gasteiger partial charge in [-0.05, 0) is 45.2 Å². The van der Waals surface area contributed by atoms with Gasteiger partial charge in [0.1, 0.15) is 6.33 Å². The number of aryl methyl sites for hydroxylation is 2. The van der Waals surface area contributed by atoms with E-state index in [0.717, 1.165) is 53.1 Å². The highest BCUT2D eigenvalue weighted by Gasteiger charge is 2.24. The third kappa shape index (κ3) is 2.88. The molecule has 1 saturated heterocycles. The normalized spacial score (nSPS) is 20.1. The summed E-state index contributed by atoms with van der Waals surface area (Å²) < 4.78 is 9.47. The van der Waals surface area contributed by atoms with E-state index in [1.165, 1.54) is 6.33 Å². The Labute approximate surface area is 161 Å². The summed E-state index contributed by atoms with van der Waals surface area (Å²) >= 11 is 0. The van der Waals surface area contributed by atoms with E-state index in [4.69, 9.17) is 14.8 Å². The smallest absolute Gasteiger partial charge is 0.229 e. The molecule has 144 valence electrons. The summed E-state index contributed by atoms with van der Waals surface area (Å²) in [5.74, 6) is 0.538. The number of hydrogen-bond acceptors (Lipinski definition) is 7. The number of anilines is 2. The van der Waals surface area contributed by atoms with Crippen LogP contribution in [0.1, 0.15) is 37.1 Å². The van der Waals surface area contributed by atoms with Crippen LogP contribution in [-0.4, -0.2) is 47.1 Å². The molecule has 0 aliphatic carbocycles. The predicted octanol–water partition coefficient (Wildman–Crippen LogP) is 2.97. The van der Waals surface area contributed by atoms with Crippen LogP contribution >= 0.6 is 0 Å². The number of aromatic nitrogens is 7. The van der Waals surface area contributed by atoms with E-state index >= 15 is 0 Å². The first kappa shape index (κ1) is 17.1. The van der Waals surface area contributed by atoms with Gasteiger partial charge in [-0.15, -0.1) is 0 Å². The minimum atomic E-state index is 0.231. The van der Waals surface area contributed by atoms with Crippen LogP contribution in [0, 0.1) is 13.8 Å². The zero-order chi connectivity index (χ0) is 19.3. The van der Waals surface area contributed by atoms with Crippen LogP contribution in [0.4, 0.5) is 11.6 Å². The van der Waals surface area contributed by atoms with Crippen LogP contribution in [0.3, 0.4) is 0 Å². The fraction of sp³-hybridized carbons (Fsp3) is 0.421. The van der Waals surface area contributed by atoms with E-state index in [9.17, 15) is 0 Å². The zero-order valence-corrected chi connectivity index (χ0v) is 16.1. The number of ether oxygens (including phenoxy) is 1. The van der Waals surface area contributed by atoms with Gasteiger partial charge >= 0.3 is 0 Å². The van der Waals surface area contributed by atoms with E-state index in [1.54, 1.807) is 4.52 Å². The van der Waals surface area contributed by atoms with Crippen molar-refractivity contribution < 1.29 is 4.74 Å². The van der Waals surface area contributed by atoms with Gasteiger partial charge in [-0.25, -0.2) is 19.2 Å². The summed E-state index contributed by atoms with van der Waals surface area (Å²) in [6.07, 6.45) is 7.39. The van der Waals surface area contributed by atoms with Crippen LogP contribution in [0.2, 0.25) is 0 Å². The molecule has 5 rings (SSSR count). The zero-order valence-electron chi connectivity index (χ0n) is 16.1. The van der Waals surface area contributed by atoms with Crippen molar-refractivity contribution in [3.63, 3.8) is 0 Å². The number of fused-ring (bicyclic) bond motifs is 2. The lowest BCUT2D eigenvalue weighted by molar-refractivity contribution is 0.00426. The first-order valence-corrected chi connectivity index (χ1v) is 9.49. The first-order chi connectivity index (χ1) is 13.6. The van der Waals surface area contributed by atoms with Crippen LogP contribution in [0.15, 0.2) is 24.8 Å². The molecule has 9 heteroatoms. The third-order valence-corrected chi connectivity index (χ3v) is 5.31. The van der Waals surface area contributed by atoms with Crippen molar-refractivity contribution in [1.29, 1.82) is 0 Å². The minimum Gasteiger partial charge on any atom is -0.378 e. The van der Waals surface area contributed by atoms with Crippen LogP contribution in [-0.2, 0) is 4.74 Å². The molecular formula is C19H22N8O. The fourth-order valence-corrected chi connectivity index (χ4v) is 3.79. The second-order valence-electron chi connectivity index (χ2n) is 7.38. The Morgan fingerprint density at radius 1 is 1.25 bits per heavy atom. The van der Waals surface area contributed by atoms with Crippen LogP contribution in [0.25, 0.3) is 16.7 Å². The number of hydrogen-bond donors (Lipinski definition) is 1. The highest BCUT2D eigenvalue weighted by molar-refractivity contribution is 5.79. The monoisotopic (exact) mass is 378 g/mol. The quantitative estimate of drug-likeness (QED) is 0.585. The van der Waals surface area contributed by atoms with Crippen molar-refractivity contribution in [3.8, 4) is 0 Å². The third-order valence-electron chi connectivity index (χ3n) is 5.31. The first-order valence-electron chi connectivity index (χ1n) is 9.49.